The van der Waals surface area contributed by atoms with Crippen molar-refractivity contribution in [2.75, 3.05) is 0 Å². The van der Waals surface area contributed by atoms with Crippen molar-refractivity contribution in [3.8, 4) is 90.1 Å². The van der Waals surface area contributed by atoms with Gasteiger partial charge in [-0.2, -0.15) is 0 Å². The lowest BCUT2D eigenvalue weighted by atomic mass is 9.98. The zero-order valence-electron chi connectivity index (χ0n) is 36.5. The fourth-order valence-corrected chi connectivity index (χ4v) is 9.40. The van der Waals surface area contributed by atoms with Gasteiger partial charge in [-0.05, 0) is 47.5 Å². The molecule has 0 bridgehead atoms. The third-order valence-electron chi connectivity index (χ3n) is 12.7. The summed E-state index contributed by atoms with van der Waals surface area (Å²) in [6.07, 6.45) is 0. The minimum atomic E-state index is 0.679. The standard InChI is InChI=1S/C62H38N4O2/c1-5-17-39(18-6-1)53-37-55(65-61(63-53)41-21-9-3-10-22-41)45-27-13-25-43(35-45)47-29-15-31-49-51-33-34-52-50-32-16-30-48(58(50)68-60(52)59(51)67-57(47)49)44-26-14-28-46(36-44)56-38-54(40-19-7-2-8-20-40)64-62(66-56)42-23-11-4-12-24-42/h1-38H. The Bertz CT molecular complexity index is 3640. The predicted octanol–water partition coefficient (Wildman–Crippen LogP) is 16.4. The summed E-state index contributed by atoms with van der Waals surface area (Å²) in [6, 6.07) is 79.0. The largest absolute Gasteiger partial charge is 0.451 e. The van der Waals surface area contributed by atoms with Crippen LogP contribution in [-0.4, -0.2) is 19.9 Å². The molecule has 13 aromatic rings. The summed E-state index contributed by atoms with van der Waals surface area (Å²) in [6.45, 7) is 0. The van der Waals surface area contributed by atoms with Crippen LogP contribution in [-0.2, 0) is 0 Å². The third-order valence-corrected chi connectivity index (χ3v) is 12.7. The van der Waals surface area contributed by atoms with E-state index in [2.05, 4.69) is 133 Å². The molecule has 0 amide bonds. The van der Waals surface area contributed by atoms with Gasteiger partial charge in [-0.15, -0.1) is 0 Å². The summed E-state index contributed by atoms with van der Waals surface area (Å²) in [5.41, 5.74) is 16.4. The van der Waals surface area contributed by atoms with E-state index in [9.17, 15) is 0 Å². The average molecular weight is 871 g/mol. The highest BCUT2D eigenvalue weighted by molar-refractivity contribution is 6.21. The summed E-state index contributed by atoms with van der Waals surface area (Å²) in [5.74, 6) is 1.36. The highest BCUT2D eigenvalue weighted by Crippen LogP contribution is 2.44. The first-order valence-electron chi connectivity index (χ1n) is 22.7. The number of para-hydroxylation sites is 2. The molecule has 68 heavy (non-hydrogen) atoms. The van der Waals surface area contributed by atoms with Crippen LogP contribution in [0, 0.1) is 0 Å². The van der Waals surface area contributed by atoms with Crippen LogP contribution in [0.4, 0.5) is 0 Å². The van der Waals surface area contributed by atoms with E-state index in [0.717, 1.165) is 122 Å². The molecular weight excluding hydrogens is 833 g/mol. The summed E-state index contributed by atoms with van der Waals surface area (Å²) in [4.78, 5) is 20.2. The molecule has 0 spiro atoms. The molecule has 4 aromatic heterocycles. The maximum absolute atomic E-state index is 6.96. The smallest absolute Gasteiger partial charge is 0.178 e. The molecule has 0 aliphatic rings. The number of fused-ring (bicyclic) bond motifs is 7. The Morgan fingerprint density at radius 3 is 0.926 bits per heavy atom. The van der Waals surface area contributed by atoms with E-state index in [1.54, 1.807) is 0 Å². The second-order valence-electron chi connectivity index (χ2n) is 16.9. The quantitative estimate of drug-likeness (QED) is 0.151. The van der Waals surface area contributed by atoms with Gasteiger partial charge < -0.3 is 8.83 Å². The van der Waals surface area contributed by atoms with Gasteiger partial charge in [0, 0.05) is 66.1 Å². The molecule has 6 heteroatoms. The van der Waals surface area contributed by atoms with Gasteiger partial charge in [-0.25, -0.2) is 19.9 Å². The Morgan fingerprint density at radius 2 is 0.529 bits per heavy atom. The fraction of sp³-hybridized carbons (Fsp3) is 0. The van der Waals surface area contributed by atoms with Gasteiger partial charge in [0.25, 0.3) is 0 Å². The van der Waals surface area contributed by atoms with Crippen LogP contribution < -0.4 is 0 Å². The number of benzene rings is 9. The zero-order chi connectivity index (χ0) is 45.0. The van der Waals surface area contributed by atoms with Gasteiger partial charge in [0.15, 0.2) is 22.8 Å². The number of furan rings is 2. The molecule has 0 unspecified atom stereocenters. The van der Waals surface area contributed by atoms with E-state index < -0.39 is 0 Å². The molecule has 0 aliphatic heterocycles. The van der Waals surface area contributed by atoms with Crippen molar-refractivity contribution in [2.45, 2.75) is 0 Å². The highest BCUT2D eigenvalue weighted by Gasteiger charge is 2.21. The molecule has 9 aromatic carbocycles. The molecule has 6 nitrogen and oxygen atoms in total. The lowest BCUT2D eigenvalue weighted by Gasteiger charge is -2.11. The first-order chi connectivity index (χ1) is 33.7. The normalized spacial score (nSPS) is 11.5. The van der Waals surface area contributed by atoms with Crippen LogP contribution in [0.15, 0.2) is 239 Å². The fourth-order valence-electron chi connectivity index (χ4n) is 9.40. The Balaban J connectivity index is 0.909. The van der Waals surface area contributed by atoms with E-state index in [1.807, 2.05) is 97.1 Å². The van der Waals surface area contributed by atoms with Crippen LogP contribution >= 0.6 is 0 Å². The number of hydrogen-bond acceptors (Lipinski definition) is 6. The zero-order valence-corrected chi connectivity index (χ0v) is 36.5. The summed E-state index contributed by atoms with van der Waals surface area (Å²) in [7, 11) is 0. The maximum Gasteiger partial charge on any atom is 0.178 e. The Kier molecular flexibility index (Phi) is 9.39. The second-order valence-corrected chi connectivity index (χ2v) is 16.9. The van der Waals surface area contributed by atoms with E-state index in [-0.39, 0.29) is 0 Å². The van der Waals surface area contributed by atoms with Gasteiger partial charge in [-0.1, -0.05) is 194 Å². The molecule has 0 N–H and O–H groups in total. The average Bonchev–Trinajstić information content (AvgIpc) is 4.01. The molecule has 0 fully saturated rings. The van der Waals surface area contributed by atoms with Crippen molar-refractivity contribution < 1.29 is 8.83 Å². The monoisotopic (exact) mass is 870 g/mol. The van der Waals surface area contributed by atoms with Crippen molar-refractivity contribution >= 4 is 43.9 Å². The van der Waals surface area contributed by atoms with E-state index in [1.165, 1.54) is 0 Å². The minimum absolute atomic E-state index is 0.679. The van der Waals surface area contributed by atoms with Gasteiger partial charge >= 0.3 is 0 Å². The number of rotatable bonds is 8. The molecule has 0 saturated carbocycles. The van der Waals surface area contributed by atoms with Gasteiger partial charge in [0.05, 0.1) is 22.8 Å². The molecule has 13 rings (SSSR count). The van der Waals surface area contributed by atoms with E-state index >= 15 is 0 Å². The second kappa shape index (κ2) is 16.3. The number of aromatic nitrogens is 4. The first-order valence-corrected chi connectivity index (χ1v) is 22.7. The van der Waals surface area contributed by atoms with Crippen LogP contribution in [0.1, 0.15) is 0 Å². The first kappa shape index (κ1) is 39.1. The predicted molar refractivity (Wildman–Crippen MR) is 276 cm³/mol. The van der Waals surface area contributed by atoms with Crippen LogP contribution in [0.2, 0.25) is 0 Å². The SMILES string of the molecule is c1ccc(-c2cc(-c3cccc(-c4cccc5c4oc4c5ccc5c6cccc(-c7cccc(-c8cc(-c9ccccc9)nc(-c9ccccc9)n8)c7)c6oc54)c3)nc(-c3ccccc3)n2)cc1. The van der Waals surface area contributed by atoms with Crippen molar-refractivity contribution in [1.82, 2.24) is 19.9 Å². The van der Waals surface area contributed by atoms with Crippen molar-refractivity contribution in [2.24, 2.45) is 0 Å². The van der Waals surface area contributed by atoms with Crippen LogP contribution in [0.25, 0.3) is 134 Å². The van der Waals surface area contributed by atoms with Gasteiger partial charge in [-0.3, -0.25) is 0 Å². The van der Waals surface area contributed by atoms with Gasteiger partial charge in [0.2, 0.25) is 0 Å². The topological polar surface area (TPSA) is 77.8 Å². The van der Waals surface area contributed by atoms with Gasteiger partial charge in [0.1, 0.15) is 11.2 Å². The van der Waals surface area contributed by atoms with E-state index in [0.29, 0.717) is 11.6 Å². The number of hydrogen-bond donors (Lipinski definition) is 0. The van der Waals surface area contributed by atoms with Crippen molar-refractivity contribution in [3.63, 3.8) is 0 Å². The Hall–Kier alpha value is -9.26. The third kappa shape index (κ3) is 6.91. The van der Waals surface area contributed by atoms with Crippen molar-refractivity contribution in [3.05, 3.63) is 231 Å². The van der Waals surface area contributed by atoms with Crippen molar-refractivity contribution in [1.29, 1.82) is 0 Å². The minimum Gasteiger partial charge on any atom is -0.451 e. The highest BCUT2D eigenvalue weighted by atomic mass is 16.4. The van der Waals surface area contributed by atoms with Crippen LogP contribution in [0.3, 0.4) is 0 Å². The summed E-state index contributed by atoms with van der Waals surface area (Å²) in [5, 5.41) is 4.03. The molecule has 0 saturated heterocycles. The maximum atomic E-state index is 6.96. The molecule has 0 aliphatic carbocycles. The Labute approximate surface area is 391 Å². The number of nitrogens with zero attached hydrogens (tertiary/aromatic N) is 4. The van der Waals surface area contributed by atoms with Crippen LogP contribution in [0.5, 0.6) is 0 Å². The summed E-state index contributed by atoms with van der Waals surface area (Å²) >= 11 is 0. The summed E-state index contributed by atoms with van der Waals surface area (Å²) < 4.78 is 13.9. The molecule has 0 radical (unpaired) electrons. The molecule has 318 valence electrons. The molecular formula is C62H38N4O2. The lowest BCUT2D eigenvalue weighted by molar-refractivity contribution is 0.634. The molecule has 4 heterocycles. The molecule has 0 atom stereocenters. The lowest BCUT2D eigenvalue weighted by Crippen LogP contribution is -1.96. The van der Waals surface area contributed by atoms with E-state index in [4.69, 9.17) is 28.8 Å². The Morgan fingerprint density at radius 1 is 0.221 bits per heavy atom.